The number of aryl methyl sites for hydroxylation is 2. The van der Waals surface area contributed by atoms with E-state index in [9.17, 15) is 8.42 Å². The van der Waals surface area contributed by atoms with Crippen LogP contribution in [-0.2, 0) is 16.6 Å². The smallest absolute Gasteiger partial charge is 0.243 e. The fourth-order valence-corrected chi connectivity index (χ4v) is 5.83. The standard InChI is InChI=1S/C20H29N5O2S2/c1-15-19(28-16(2)24-15)14-23-20(21-3)22-13-17-9-11-25(12-10-17)29(26,27)18-7-5-4-6-8-18/h4-8,17H,9-14H2,1-3H3,(H2,21,22,23). The van der Waals surface area contributed by atoms with Crippen LogP contribution >= 0.6 is 11.3 Å². The second-order valence-electron chi connectivity index (χ2n) is 7.21. The number of hydrogen-bond donors (Lipinski definition) is 2. The molecule has 1 fully saturated rings. The van der Waals surface area contributed by atoms with Crippen LogP contribution in [0.3, 0.4) is 0 Å². The monoisotopic (exact) mass is 435 g/mol. The Balaban J connectivity index is 1.46. The molecule has 0 radical (unpaired) electrons. The molecule has 1 saturated heterocycles. The summed E-state index contributed by atoms with van der Waals surface area (Å²) in [5.41, 5.74) is 1.06. The van der Waals surface area contributed by atoms with Crippen molar-refractivity contribution in [2.24, 2.45) is 10.9 Å². The topological polar surface area (TPSA) is 86.7 Å². The predicted octanol–water partition coefficient (Wildman–Crippen LogP) is 2.53. The highest BCUT2D eigenvalue weighted by Gasteiger charge is 2.29. The maximum absolute atomic E-state index is 12.7. The average Bonchev–Trinajstić information content (AvgIpc) is 3.06. The van der Waals surface area contributed by atoms with Gasteiger partial charge < -0.3 is 10.6 Å². The Bertz CT molecular complexity index is 933. The lowest BCUT2D eigenvalue weighted by Gasteiger charge is -2.31. The van der Waals surface area contributed by atoms with Gasteiger partial charge in [-0.05, 0) is 44.7 Å². The highest BCUT2D eigenvalue weighted by Crippen LogP contribution is 2.23. The van der Waals surface area contributed by atoms with Gasteiger partial charge in [0, 0.05) is 31.6 Å². The van der Waals surface area contributed by atoms with Gasteiger partial charge in [-0.2, -0.15) is 4.31 Å². The quantitative estimate of drug-likeness (QED) is 0.538. The Hall–Kier alpha value is -1.97. The van der Waals surface area contributed by atoms with Crippen LogP contribution in [0.2, 0.25) is 0 Å². The number of rotatable bonds is 6. The SMILES string of the molecule is CN=C(NCc1sc(C)nc1C)NCC1CCN(S(=O)(=O)c2ccccc2)CC1. The molecule has 1 aliphatic heterocycles. The fourth-order valence-electron chi connectivity index (χ4n) is 3.46. The molecule has 0 bridgehead atoms. The third-order valence-corrected chi connectivity index (χ3v) is 8.14. The normalized spacial score (nSPS) is 16.7. The van der Waals surface area contributed by atoms with E-state index in [0.717, 1.165) is 36.0 Å². The second kappa shape index (κ2) is 9.69. The molecule has 0 amide bonds. The molecule has 158 valence electrons. The van der Waals surface area contributed by atoms with E-state index in [1.807, 2.05) is 19.9 Å². The summed E-state index contributed by atoms with van der Waals surface area (Å²) in [6.45, 7) is 6.61. The molecule has 29 heavy (non-hydrogen) atoms. The van der Waals surface area contributed by atoms with Crippen molar-refractivity contribution in [3.8, 4) is 0 Å². The number of hydrogen-bond acceptors (Lipinski definition) is 5. The lowest BCUT2D eigenvalue weighted by Crippen LogP contribution is -2.44. The molecule has 3 rings (SSSR count). The maximum Gasteiger partial charge on any atom is 0.243 e. The van der Waals surface area contributed by atoms with Crippen molar-refractivity contribution in [1.82, 2.24) is 19.9 Å². The maximum atomic E-state index is 12.7. The van der Waals surface area contributed by atoms with Crippen LogP contribution in [0.1, 0.15) is 28.4 Å². The van der Waals surface area contributed by atoms with Crippen LogP contribution in [0.5, 0.6) is 0 Å². The molecular weight excluding hydrogens is 406 g/mol. The van der Waals surface area contributed by atoms with Crippen molar-refractivity contribution in [2.75, 3.05) is 26.7 Å². The number of benzene rings is 1. The number of aliphatic imine (C=N–C) groups is 1. The van der Waals surface area contributed by atoms with Crippen molar-refractivity contribution in [3.63, 3.8) is 0 Å². The zero-order chi connectivity index (χ0) is 20.9. The number of piperidine rings is 1. The van der Waals surface area contributed by atoms with E-state index in [0.29, 0.717) is 30.4 Å². The summed E-state index contributed by atoms with van der Waals surface area (Å²) >= 11 is 1.69. The lowest BCUT2D eigenvalue weighted by molar-refractivity contribution is 0.273. The first-order valence-corrected chi connectivity index (χ1v) is 12.1. The molecule has 1 aliphatic rings. The van der Waals surface area contributed by atoms with Gasteiger partial charge in [0.1, 0.15) is 0 Å². The third-order valence-electron chi connectivity index (χ3n) is 5.15. The summed E-state index contributed by atoms with van der Waals surface area (Å²) in [7, 11) is -1.63. The second-order valence-corrected chi connectivity index (χ2v) is 10.4. The van der Waals surface area contributed by atoms with Crippen LogP contribution in [0.15, 0.2) is 40.2 Å². The first-order valence-electron chi connectivity index (χ1n) is 9.82. The van der Waals surface area contributed by atoms with Crippen LogP contribution < -0.4 is 10.6 Å². The molecule has 7 nitrogen and oxygen atoms in total. The molecule has 0 aliphatic carbocycles. The Kier molecular flexibility index (Phi) is 7.26. The van der Waals surface area contributed by atoms with Crippen molar-refractivity contribution >= 4 is 27.3 Å². The number of nitrogens with one attached hydrogen (secondary N) is 2. The summed E-state index contributed by atoms with van der Waals surface area (Å²) in [5.74, 6) is 1.18. The first-order chi connectivity index (χ1) is 13.9. The molecule has 1 aromatic carbocycles. The molecule has 0 spiro atoms. The minimum Gasteiger partial charge on any atom is -0.356 e. The van der Waals surface area contributed by atoms with Crippen LogP contribution in [0.25, 0.3) is 0 Å². The predicted molar refractivity (Wildman–Crippen MR) is 118 cm³/mol. The molecule has 9 heteroatoms. The van der Waals surface area contributed by atoms with Gasteiger partial charge in [0.25, 0.3) is 0 Å². The van der Waals surface area contributed by atoms with E-state index in [1.165, 1.54) is 4.88 Å². The lowest BCUT2D eigenvalue weighted by atomic mass is 9.98. The van der Waals surface area contributed by atoms with Crippen LogP contribution in [-0.4, -0.2) is 50.3 Å². The van der Waals surface area contributed by atoms with Crippen LogP contribution in [0.4, 0.5) is 0 Å². The van der Waals surface area contributed by atoms with Crippen molar-refractivity contribution in [2.45, 2.75) is 38.1 Å². The minimum atomic E-state index is -3.39. The summed E-state index contributed by atoms with van der Waals surface area (Å²) in [6, 6.07) is 8.67. The van der Waals surface area contributed by atoms with Gasteiger partial charge in [0.15, 0.2) is 5.96 Å². The van der Waals surface area contributed by atoms with Gasteiger partial charge >= 0.3 is 0 Å². The number of sulfonamides is 1. The molecule has 1 aromatic heterocycles. The largest absolute Gasteiger partial charge is 0.356 e. The number of thiazole rings is 1. The van der Waals surface area contributed by atoms with E-state index in [-0.39, 0.29) is 0 Å². The van der Waals surface area contributed by atoms with Gasteiger partial charge in [-0.15, -0.1) is 11.3 Å². The van der Waals surface area contributed by atoms with Crippen molar-refractivity contribution < 1.29 is 8.42 Å². The first kappa shape index (κ1) is 21.7. The molecule has 0 saturated carbocycles. The van der Waals surface area contributed by atoms with Crippen LogP contribution in [0, 0.1) is 19.8 Å². The summed E-state index contributed by atoms with van der Waals surface area (Å²) < 4.78 is 27.1. The number of guanidine groups is 1. The van der Waals surface area contributed by atoms with E-state index in [2.05, 4.69) is 20.6 Å². The average molecular weight is 436 g/mol. The van der Waals surface area contributed by atoms with Gasteiger partial charge in [-0.25, -0.2) is 13.4 Å². The highest BCUT2D eigenvalue weighted by atomic mass is 32.2. The Labute approximate surface area is 177 Å². The highest BCUT2D eigenvalue weighted by molar-refractivity contribution is 7.89. The van der Waals surface area contributed by atoms with E-state index < -0.39 is 10.0 Å². The van der Waals surface area contributed by atoms with E-state index in [1.54, 1.807) is 47.0 Å². The summed E-state index contributed by atoms with van der Waals surface area (Å²) in [4.78, 5) is 10.3. The zero-order valence-corrected chi connectivity index (χ0v) is 18.8. The molecule has 0 atom stereocenters. The molecule has 2 N–H and O–H groups in total. The third kappa shape index (κ3) is 5.55. The Morgan fingerprint density at radius 3 is 2.48 bits per heavy atom. The molecule has 2 heterocycles. The molecule has 2 aromatic rings. The summed E-state index contributed by atoms with van der Waals surface area (Å²) in [5, 5.41) is 7.78. The molecular formula is C20H29N5O2S2. The van der Waals surface area contributed by atoms with E-state index >= 15 is 0 Å². The van der Waals surface area contributed by atoms with E-state index in [4.69, 9.17) is 0 Å². The fraction of sp³-hybridized carbons (Fsp3) is 0.500. The summed E-state index contributed by atoms with van der Waals surface area (Å²) in [6.07, 6.45) is 1.67. The van der Waals surface area contributed by atoms with Gasteiger partial charge in [0.05, 0.1) is 22.1 Å². The van der Waals surface area contributed by atoms with Gasteiger partial charge in [-0.1, -0.05) is 18.2 Å². The van der Waals surface area contributed by atoms with Gasteiger partial charge in [0.2, 0.25) is 10.0 Å². The minimum absolute atomic E-state index is 0.370. The Morgan fingerprint density at radius 2 is 1.90 bits per heavy atom. The number of nitrogens with zero attached hydrogens (tertiary/aromatic N) is 3. The van der Waals surface area contributed by atoms with Crippen molar-refractivity contribution in [3.05, 3.63) is 45.9 Å². The zero-order valence-electron chi connectivity index (χ0n) is 17.2. The van der Waals surface area contributed by atoms with Crippen molar-refractivity contribution in [1.29, 1.82) is 0 Å². The molecule has 0 unspecified atom stereocenters. The number of aromatic nitrogens is 1. The van der Waals surface area contributed by atoms with Gasteiger partial charge in [-0.3, -0.25) is 4.99 Å². The Morgan fingerprint density at radius 1 is 1.21 bits per heavy atom.